The van der Waals surface area contributed by atoms with E-state index in [9.17, 15) is 14.0 Å². The van der Waals surface area contributed by atoms with Crippen LogP contribution in [0.2, 0.25) is 10.0 Å². The molecule has 0 atom stereocenters. The van der Waals surface area contributed by atoms with Crippen LogP contribution in [0.25, 0.3) is 6.08 Å². The molecule has 0 radical (unpaired) electrons. The summed E-state index contributed by atoms with van der Waals surface area (Å²) >= 11 is 12.0. The lowest BCUT2D eigenvalue weighted by Gasteiger charge is -2.09. The highest BCUT2D eigenvalue weighted by atomic mass is 35.5. The van der Waals surface area contributed by atoms with Crippen LogP contribution in [-0.2, 0) is 4.79 Å². The van der Waals surface area contributed by atoms with Gasteiger partial charge in [0, 0.05) is 38.5 Å². The van der Waals surface area contributed by atoms with Gasteiger partial charge in [-0.25, -0.2) is 4.39 Å². The molecule has 2 amide bonds. The average Bonchev–Trinajstić information content (AvgIpc) is 2.51. The van der Waals surface area contributed by atoms with Gasteiger partial charge in [-0.05, 0) is 37.3 Å². The summed E-state index contributed by atoms with van der Waals surface area (Å²) in [5.41, 5.74) is 5.94. The second kappa shape index (κ2) is 7.47. The first-order chi connectivity index (χ1) is 11.3. The Hall–Kier alpha value is -2.37. The highest BCUT2D eigenvalue weighted by Crippen LogP contribution is 2.26. The molecule has 24 heavy (non-hydrogen) atoms. The number of primary amides is 1. The van der Waals surface area contributed by atoms with E-state index >= 15 is 0 Å². The van der Waals surface area contributed by atoms with Crippen LogP contribution in [0.5, 0.6) is 0 Å². The molecule has 0 aliphatic carbocycles. The number of nitrogens with one attached hydrogen (secondary N) is 1. The zero-order valence-corrected chi connectivity index (χ0v) is 14.1. The Morgan fingerprint density at radius 2 is 1.83 bits per heavy atom. The minimum atomic E-state index is -0.789. The van der Waals surface area contributed by atoms with Crippen LogP contribution in [0.1, 0.15) is 21.5 Å². The van der Waals surface area contributed by atoms with Gasteiger partial charge in [-0.1, -0.05) is 29.3 Å². The summed E-state index contributed by atoms with van der Waals surface area (Å²) in [6, 6.07) is 7.30. The van der Waals surface area contributed by atoms with Gasteiger partial charge in [0.2, 0.25) is 11.8 Å². The zero-order chi connectivity index (χ0) is 17.9. The maximum atomic E-state index is 13.8. The Kier molecular flexibility index (Phi) is 5.59. The first-order valence-corrected chi connectivity index (χ1v) is 7.58. The summed E-state index contributed by atoms with van der Waals surface area (Å²) in [6.07, 6.45) is 2.66. The molecular formula is C17H13Cl2FN2O2. The normalized spacial score (nSPS) is 10.8. The number of halogens is 3. The number of hydrogen-bond donors (Lipinski definition) is 2. The smallest absolute Gasteiger partial charge is 0.248 e. The van der Waals surface area contributed by atoms with Crippen molar-refractivity contribution in [2.24, 2.45) is 5.73 Å². The van der Waals surface area contributed by atoms with Crippen molar-refractivity contribution in [1.82, 2.24) is 0 Å². The quantitative estimate of drug-likeness (QED) is 0.796. The molecule has 124 valence electrons. The molecule has 0 unspecified atom stereocenters. The maximum Gasteiger partial charge on any atom is 0.248 e. The van der Waals surface area contributed by atoms with E-state index in [1.165, 1.54) is 25.1 Å². The summed E-state index contributed by atoms with van der Waals surface area (Å²) in [6.45, 7) is 1.48. The van der Waals surface area contributed by atoms with Gasteiger partial charge in [-0.2, -0.15) is 0 Å². The molecule has 0 heterocycles. The summed E-state index contributed by atoms with van der Waals surface area (Å²) in [5, 5.41) is 3.28. The third kappa shape index (κ3) is 4.13. The van der Waals surface area contributed by atoms with Crippen molar-refractivity contribution < 1.29 is 14.0 Å². The van der Waals surface area contributed by atoms with Gasteiger partial charge in [0.25, 0.3) is 0 Å². The molecule has 0 bridgehead atoms. The Bertz CT molecular complexity index is 830. The van der Waals surface area contributed by atoms with Crippen LogP contribution in [0.3, 0.4) is 0 Å². The fourth-order valence-electron chi connectivity index (χ4n) is 1.95. The third-order valence-electron chi connectivity index (χ3n) is 3.29. The van der Waals surface area contributed by atoms with E-state index < -0.39 is 17.6 Å². The lowest BCUT2D eigenvalue weighted by Crippen LogP contribution is -2.15. The third-order valence-corrected chi connectivity index (χ3v) is 3.95. The highest BCUT2D eigenvalue weighted by Gasteiger charge is 2.12. The van der Waals surface area contributed by atoms with E-state index in [0.29, 0.717) is 15.6 Å². The second-order valence-electron chi connectivity index (χ2n) is 4.95. The molecule has 2 rings (SSSR count). The topological polar surface area (TPSA) is 72.2 Å². The minimum absolute atomic E-state index is 0.0356. The lowest BCUT2D eigenvalue weighted by molar-refractivity contribution is -0.111. The summed E-state index contributed by atoms with van der Waals surface area (Å²) in [5.74, 6) is -1.96. The van der Waals surface area contributed by atoms with Crippen LogP contribution in [0, 0.1) is 12.7 Å². The monoisotopic (exact) mass is 366 g/mol. The van der Waals surface area contributed by atoms with Gasteiger partial charge in [-0.3, -0.25) is 9.59 Å². The fraction of sp³-hybridized carbons (Fsp3) is 0.0588. The van der Waals surface area contributed by atoms with E-state index in [2.05, 4.69) is 5.32 Å². The molecule has 2 aromatic carbocycles. The van der Waals surface area contributed by atoms with E-state index in [0.717, 1.165) is 6.07 Å². The molecule has 0 aliphatic heterocycles. The van der Waals surface area contributed by atoms with E-state index in [4.69, 9.17) is 28.9 Å². The Morgan fingerprint density at radius 1 is 1.21 bits per heavy atom. The summed E-state index contributed by atoms with van der Waals surface area (Å²) < 4.78 is 13.8. The molecule has 0 aliphatic rings. The van der Waals surface area contributed by atoms with Crippen LogP contribution < -0.4 is 11.1 Å². The van der Waals surface area contributed by atoms with Crippen LogP contribution >= 0.6 is 23.2 Å². The van der Waals surface area contributed by atoms with Crippen molar-refractivity contribution in [2.75, 3.05) is 5.32 Å². The van der Waals surface area contributed by atoms with Crippen LogP contribution in [-0.4, -0.2) is 11.8 Å². The molecule has 0 saturated heterocycles. The minimum Gasteiger partial charge on any atom is -0.366 e. The van der Waals surface area contributed by atoms with Crippen molar-refractivity contribution in [3.8, 4) is 0 Å². The number of anilines is 1. The number of rotatable bonds is 4. The van der Waals surface area contributed by atoms with Crippen LogP contribution in [0.15, 0.2) is 36.4 Å². The van der Waals surface area contributed by atoms with Gasteiger partial charge < -0.3 is 11.1 Å². The maximum absolute atomic E-state index is 13.8. The molecule has 0 aromatic heterocycles. The lowest BCUT2D eigenvalue weighted by atomic mass is 10.1. The van der Waals surface area contributed by atoms with Crippen molar-refractivity contribution >= 4 is 46.8 Å². The standard InChI is InChI=1S/C17H13Cl2FN2O2/c1-9-14(20)7-10(17(21)24)8-15(9)22-16(23)6-5-11-12(18)3-2-4-13(11)19/h2-8H,1H3,(H2,21,24)(H,22,23)/b6-5+. The molecule has 0 saturated carbocycles. The number of hydrogen-bond acceptors (Lipinski definition) is 2. The van der Waals surface area contributed by atoms with Gasteiger partial charge in [0.15, 0.2) is 0 Å². The average molecular weight is 367 g/mol. The molecular weight excluding hydrogens is 354 g/mol. The Morgan fingerprint density at radius 3 is 2.42 bits per heavy atom. The summed E-state index contributed by atoms with van der Waals surface area (Å²) in [7, 11) is 0. The Labute approximate surface area is 148 Å². The highest BCUT2D eigenvalue weighted by molar-refractivity contribution is 6.37. The molecule has 2 aromatic rings. The first kappa shape index (κ1) is 18.0. The van der Waals surface area contributed by atoms with Crippen molar-refractivity contribution in [1.29, 1.82) is 0 Å². The van der Waals surface area contributed by atoms with Crippen molar-refractivity contribution in [3.63, 3.8) is 0 Å². The predicted octanol–water partition coefficient (Wildman–Crippen LogP) is 4.19. The largest absolute Gasteiger partial charge is 0.366 e. The SMILES string of the molecule is Cc1c(F)cc(C(N)=O)cc1NC(=O)/C=C/c1c(Cl)cccc1Cl. The number of nitrogens with two attached hydrogens (primary N) is 1. The summed E-state index contributed by atoms with van der Waals surface area (Å²) in [4.78, 5) is 23.2. The van der Waals surface area contributed by atoms with E-state index in [1.807, 2.05) is 0 Å². The number of benzene rings is 2. The van der Waals surface area contributed by atoms with Gasteiger partial charge in [0.1, 0.15) is 5.82 Å². The molecule has 0 spiro atoms. The van der Waals surface area contributed by atoms with E-state index in [1.54, 1.807) is 18.2 Å². The van der Waals surface area contributed by atoms with Crippen molar-refractivity contribution in [3.05, 3.63) is 69.0 Å². The number of carbonyl (C=O) groups is 2. The van der Waals surface area contributed by atoms with E-state index in [-0.39, 0.29) is 16.8 Å². The fourth-order valence-corrected chi connectivity index (χ4v) is 2.48. The second-order valence-corrected chi connectivity index (χ2v) is 5.77. The van der Waals surface area contributed by atoms with Gasteiger partial charge in [-0.15, -0.1) is 0 Å². The van der Waals surface area contributed by atoms with Crippen LogP contribution in [0.4, 0.5) is 10.1 Å². The zero-order valence-electron chi connectivity index (χ0n) is 12.6. The first-order valence-electron chi connectivity index (χ1n) is 6.82. The van der Waals surface area contributed by atoms with Gasteiger partial charge >= 0.3 is 0 Å². The molecule has 7 heteroatoms. The van der Waals surface area contributed by atoms with Gasteiger partial charge in [0.05, 0.1) is 0 Å². The number of carbonyl (C=O) groups excluding carboxylic acids is 2. The molecule has 4 nitrogen and oxygen atoms in total. The number of amides is 2. The predicted molar refractivity (Wildman–Crippen MR) is 93.8 cm³/mol. The molecule has 3 N–H and O–H groups in total. The van der Waals surface area contributed by atoms with Crippen molar-refractivity contribution in [2.45, 2.75) is 6.92 Å². The molecule has 0 fully saturated rings. The Balaban J connectivity index is 2.24.